The number of aromatic nitrogens is 2. The predicted molar refractivity (Wildman–Crippen MR) is 183 cm³/mol. The summed E-state index contributed by atoms with van der Waals surface area (Å²) in [5.74, 6) is 0. The van der Waals surface area contributed by atoms with E-state index in [0.717, 1.165) is 12.1 Å². The number of hydrogen-bond donors (Lipinski definition) is 0. The molecule has 8 aromatic rings. The molecule has 202 valence electrons. The molecular formula is C41H28N2. The van der Waals surface area contributed by atoms with Crippen molar-refractivity contribution in [3.63, 3.8) is 0 Å². The van der Waals surface area contributed by atoms with Crippen LogP contribution in [0.25, 0.3) is 77.2 Å². The van der Waals surface area contributed by atoms with Gasteiger partial charge in [0.25, 0.3) is 0 Å². The minimum atomic E-state index is 0.923. The van der Waals surface area contributed by atoms with E-state index >= 15 is 0 Å². The summed E-state index contributed by atoms with van der Waals surface area (Å²) < 4.78 is 5.01. The molecule has 43 heavy (non-hydrogen) atoms. The van der Waals surface area contributed by atoms with Gasteiger partial charge in [-0.15, -0.1) is 0 Å². The highest BCUT2D eigenvalue weighted by Crippen LogP contribution is 2.43. The van der Waals surface area contributed by atoms with Gasteiger partial charge < -0.3 is 9.13 Å². The summed E-state index contributed by atoms with van der Waals surface area (Å²) in [6, 6.07) is 50.8. The first-order chi connectivity index (χ1) is 21.3. The van der Waals surface area contributed by atoms with Crippen LogP contribution in [0.4, 0.5) is 0 Å². The van der Waals surface area contributed by atoms with Gasteiger partial charge in [0, 0.05) is 39.4 Å². The van der Waals surface area contributed by atoms with Crippen LogP contribution in [0.2, 0.25) is 0 Å². The molecule has 0 aliphatic heterocycles. The molecule has 9 rings (SSSR count). The fraction of sp³-hybridized carbons (Fsp3) is 0.0244. The van der Waals surface area contributed by atoms with Gasteiger partial charge in [-0.2, -0.15) is 0 Å². The lowest BCUT2D eigenvalue weighted by molar-refractivity contribution is 1.14. The zero-order chi connectivity index (χ0) is 28.3. The highest BCUT2D eigenvalue weighted by Gasteiger charge is 2.22. The maximum atomic E-state index is 2.50. The molecule has 2 heterocycles. The third-order valence-corrected chi connectivity index (χ3v) is 8.90. The minimum absolute atomic E-state index is 0.923. The van der Waals surface area contributed by atoms with Crippen molar-refractivity contribution in [3.05, 3.63) is 158 Å². The van der Waals surface area contributed by atoms with Crippen molar-refractivity contribution in [1.82, 2.24) is 9.13 Å². The Morgan fingerprint density at radius 2 is 0.930 bits per heavy atom. The van der Waals surface area contributed by atoms with Crippen LogP contribution in [0.3, 0.4) is 0 Å². The number of hydrogen-bond acceptors (Lipinski definition) is 0. The second-order valence-corrected chi connectivity index (χ2v) is 11.4. The van der Waals surface area contributed by atoms with E-state index < -0.39 is 0 Å². The molecule has 2 nitrogen and oxygen atoms in total. The molecule has 2 heteroatoms. The number of benzene rings is 6. The van der Waals surface area contributed by atoms with Crippen LogP contribution in [-0.2, 0) is 0 Å². The van der Waals surface area contributed by atoms with Gasteiger partial charge in [-0.25, -0.2) is 0 Å². The van der Waals surface area contributed by atoms with Crippen molar-refractivity contribution in [2.24, 2.45) is 0 Å². The number of fused-ring (bicyclic) bond motifs is 7. The van der Waals surface area contributed by atoms with E-state index in [-0.39, 0.29) is 0 Å². The van der Waals surface area contributed by atoms with Crippen molar-refractivity contribution >= 4 is 49.3 Å². The summed E-state index contributed by atoms with van der Waals surface area (Å²) in [7, 11) is 0. The van der Waals surface area contributed by atoms with Crippen molar-refractivity contribution in [2.75, 3.05) is 0 Å². The Morgan fingerprint density at radius 3 is 1.49 bits per heavy atom. The maximum absolute atomic E-state index is 2.50. The molecule has 1 aliphatic rings. The van der Waals surface area contributed by atoms with E-state index in [4.69, 9.17) is 0 Å². The smallest absolute Gasteiger partial charge is 0.0788 e. The van der Waals surface area contributed by atoms with Gasteiger partial charge in [-0.3, -0.25) is 0 Å². The van der Waals surface area contributed by atoms with Crippen LogP contribution in [0, 0.1) is 0 Å². The first-order valence-corrected chi connectivity index (χ1v) is 14.9. The Hall–Kier alpha value is -5.60. The second kappa shape index (κ2) is 9.47. The Bertz CT molecular complexity index is 2340. The highest BCUT2D eigenvalue weighted by atomic mass is 15.0. The van der Waals surface area contributed by atoms with E-state index in [1.54, 1.807) is 0 Å². The topological polar surface area (TPSA) is 9.86 Å². The minimum Gasteiger partial charge on any atom is -0.311 e. The molecular weight excluding hydrogens is 520 g/mol. The summed E-state index contributed by atoms with van der Waals surface area (Å²) in [6.45, 7) is 0. The monoisotopic (exact) mass is 548 g/mol. The molecule has 0 spiro atoms. The molecule has 2 aromatic heterocycles. The quantitative estimate of drug-likeness (QED) is 0.207. The normalized spacial score (nSPS) is 13.1. The van der Waals surface area contributed by atoms with Gasteiger partial charge in [0.1, 0.15) is 0 Å². The van der Waals surface area contributed by atoms with E-state index in [0.29, 0.717) is 0 Å². The lowest BCUT2D eigenvalue weighted by atomic mass is 9.98. The van der Waals surface area contributed by atoms with E-state index in [1.807, 2.05) is 0 Å². The third-order valence-electron chi connectivity index (χ3n) is 8.90. The average molecular weight is 549 g/mol. The van der Waals surface area contributed by atoms with Gasteiger partial charge in [-0.1, -0.05) is 121 Å². The van der Waals surface area contributed by atoms with Gasteiger partial charge in [0.15, 0.2) is 0 Å². The summed E-state index contributed by atoms with van der Waals surface area (Å²) in [4.78, 5) is 0. The van der Waals surface area contributed by atoms with Crippen LogP contribution >= 0.6 is 0 Å². The fourth-order valence-electron chi connectivity index (χ4n) is 7.00. The lowest BCUT2D eigenvalue weighted by Crippen LogP contribution is -2.00. The molecule has 0 fully saturated rings. The standard InChI is InChI=1S/C41H28N2/c1-3-13-28(14-4-1)30-25-31(29-15-5-2-6-16-29)27-33(26-30)43-39-22-12-10-20-35(39)37-24-23-36-34-19-9-11-21-38(34)42(40(36)41(37)43)32-17-7-8-18-32/h1-17,19-27H,18H2. The van der Waals surface area contributed by atoms with Gasteiger partial charge >= 0.3 is 0 Å². The summed E-state index contributed by atoms with van der Waals surface area (Å²) in [5, 5.41) is 5.10. The van der Waals surface area contributed by atoms with Crippen LogP contribution in [0.5, 0.6) is 0 Å². The molecule has 0 N–H and O–H groups in total. The van der Waals surface area contributed by atoms with Gasteiger partial charge in [-0.05, 0) is 58.7 Å². The number of para-hydroxylation sites is 2. The van der Waals surface area contributed by atoms with Crippen molar-refractivity contribution in [3.8, 4) is 27.9 Å². The van der Waals surface area contributed by atoms with Crippen LogP contribution < -0.4 is 0 Å². The molecule has 0 unspecified atom stereocenters. The fourth-order valence-corrected chi connectivity index (χ4v) is 7.00. The zero-order valence-electron chi connectivity index (χ0n) is 23.6. The van der Waals surface area contributed by atoms with Crippen LogP contribution in [-0.4, -0.2) is 9.13 Å². The largest absolute Gasteiger partial charge is 0.311 e. The van der Waals surface area contributed by atoms with Crippen molar-refractivity contribution in [2.45, 2.75) is 6.42 Å². The average Bonchev–Trinajstić information content (AvgIpc) is 3.80. The van der Waals surface area contributed by atoms with E-state index in [9.17, 15) is 0 Å². The maximum Gasteiger partial charge on any atom is 0.0788 e. The molecule has 0 atom stereocenters. The predicted octanol–water partition coefficient (Wildman–Crippen LogP) is 11.0. The Balaban J connectivity index is 1.47. The van der Waals surface area contributed by atoms with E-state index in [1.165, 1.54) is 71.6 Å². The molecule has 6 aromatic carbocycles. The highest BCUT2D eigenvalue weighted by molar-refractivity contribution is 6.24. The third kappa shape index (κ3) is 3.67. The Morgan fingerprint density at radius 1 is 0.419 bits per heavy atom. The summed E-state index contributed by atoms with van der Waals surface area (Å²) >= 11 is 0. The Kier molecular flexibility index (Phi) is 5.30. The molecule has 1 aliphatic carbocycles. The van der Waals surface area contributed by atoms with Crippen LogP contribution in [0.1, 0.15) is 6.42 Å². The molecule has 0 saturated heterocycles. The van der Waals surface area contributed by atoms with Crippen LogP contribution in [0.15, 0.2) is 158 Å². The van der Waals surface area contributed by atoms with Gasteiger partial charge in [0.05, 0.1) is 22.1 Å². The number of nitrogens with zero attached hydrogens (tertiary/aromatic N) is 2. The molecule has 0 saturated carbocycles. The number of rotatable bonds is 4. The zero-order valence-corrected chi connectivity index (χ0v) is 23.6. The first-order valence-electron chi connectivity index (χ1n) is 14.9. The van der Waals surface area contributed by atoms with Crippen molar-refractivity contribution < 1.29 is 0 Å². The summed E-state index contributed by atoms with van der Waals surface area (Å²) in [6.07, 6.45) is 7.62. The lowest BCUT2D eigenvalue weighted by Gasteiger charge is -2.16. The van der Waals surface area contributed by atoms with E-state index in [2.05, 4.69) is 167 Å². The van der Waals surface area contributed by atoms with Crippen molar-refractivity contribution in [1.29, 1.82) is 0 Å². The second-order valence-electron chi connectivity index (χ2n) is 11.4. The molecule has 0 bridgehead atoms. The molecule has 0 radical (unpaired) electrons. The molecule has 0 amide bonds. The number of allylic oxidation sites excluding steroid dienone is 4. The summed E-state index contributed by atoms with van der Waals surface area (Å²) in [5.41, 5.74) is 12.3. The Labute approximate surface area is 250 Å². The van der Waals surface area contributed by atoms with Gasteiger partial charge in [0.2, 0.25) is 0 Å². The first kappa shape index (κ1) is 24.0. The SMILES string of the molecule is C1=CCC(n2c3ccccc3c3ccc4c5ccccc5n(-c5cc(-c6ccccc6)cc(-c6ccccc6)c5)c4c32)=C1.